The van der Waals surface area contributed by atoms with Crippen molar-refractivity contribution in [3.63, 3.8) is 0 Å². The molecule has 0 aliphatic rings. The second kappa shape index (κ2) is 16.7. The molecule has 0 radical (unpaired) electrons. The van der Waals surface area contributed by atoms with Crippen LogP contribution in [0, 0.1) is 0 Å². The standard InChI is InChI=1S/C24H35N5O9/c25-11-5-4-8-16(27-21(34)15(26)9-10-19(30)31)22(35)28-17(13-20(32)33)23(36)29-18(24(37)38)12-14-6-2-1-3-7-14/h1-3,6-7,15-18H,4-5,8-13,25-26H2,(H,27,34)(H,28,35)(H,29,36)(H,30,31)(H,32,33)(H,37,38). The number of carbonyl (C=O) groups is 6. The number of benzene rings is 1. The second-order valence-electron chi connectivity index (χ2n) is 8.63. The fourth-order valence-electron chi connectivity index (χ4n) is 3.43. The monoisotopic (exact) mass is 537 g/mol. The van der Waals surface area contributed by atoms with Gasteiger partial charge in [0.15, 0.2) is 0 Å². The highest BCUT2D eigenvalue weighted by Crippen LogP contribution is 2.07. The third-order valence-electron chi connectivity index (χ3n) is 5.49. The zero-order chi connectivity index (χ0) is 28.7. The summed E-state index contributed by atoms with van der Waals surface area (Å²) in [6.07, 6.45) is -0.504. The Morgan fingerprint density at radius 1 is 0.737 bits per heavy atom. The van der Waals surface area contributed by atoms with Crippen LogP contribution in [-0.2, 0) is 35.2 Å². The van der Waals surface area contributed by atoms with Crippen LogP contribution in [0.5, 0.6) is 0 Å². The zero-order valence-corrected chi connectivity index (χ0v) is 20.8. The Morgan fingerprint density at radius 3 is 1.87 bits per heavy atom. The molecular weight excluding hydrogens is 502 g/mol. The number of hydrogen-bond donors (Lipinski definition) is 8. The molecule has 0 aromatic heterocycles. The highest BCUT2D eigenvalue weighted by molar-refractivity contribution is 5.95. The molecule has 1 aromatic rings. The van der Waals surface area contributed by atoms with E-state index < -0.39 is 66.2 Å². The van der Waals surface area contributed by atoms with Crippen LogP contribution in [0.3, 0.4) is 0 Å². The summed E-state index contributed by atoms with van der Waals surface area (Å²) < 4.78 is 0. The maximum atomic E-state index is 13.0. The molecule has 1 rings (SSSR count). The van der Waals surface area contributed by atoms with Crippen molar-refractivity contribution in [2.75, 3.05) is 6.54 Å². The summed E-state index contributed by atoms with van der Waals surface area (Å²) >= 11 is 0. The minimum atomic E-state index is -1.65. The minimum Gasteiger partial charge on any atom is -0.481 e. The highest BCUT2D eigenvalue weighted by atomic mass is 16.4. The molecule has 1 aromatic carbocycles. The van der Waals surface area contributed by atoms with Crippen LogP contribution in [-0.4, -0.2) is 81.7 Å². The van der Waals surface area contributed by atoms with Crippen molar-refractivity contribution in [2.45, 2.75) is 69.1 Å². The van der Waals surface area contributed by atoms with Crippen LogP contribution in [0.4, 0.5) is 0 Å². The molecule has 4 atom stereocenters. The summed E-state index contributed by atoms with van der Waals surface area (Å²) in [7, 11) is 0. The number of hydrogen-bond acceptors (Lipinski definition) is 8. The minimum absolute atomic E-state index is 0.0770. The van der Waals surface area contributed by atoms with Crippen molar-refractivity contribution < 1.29 is 44.1 Å². The van der Waals surface area contributed by atoms with Crippen LogP contribution in [0.25, 0.3) is 0 Å². The van der Waals surface area contributed by atoms with Gasteiger partial charge in [-0.25, -0.2) is 4.79 Å². The van der Waals surface area contributed by atoms with Crippen molar-refractivity contribution in [1.82, 2.24) is 16.0 Å². The first-order chi connectivity index (χ1) is 17.9. The largest absolute Gasteiger partial charge is 0.481 e. The van der Waals surface area contributed by atoms with E-state index in [-0.39, 0.29) is 25.7 Å². The quantitative estimate of drug-likeness (QED) is 0.101. The first kappa shape index (κ1) is 32.0. The summed E-state index contributed by atoms with van der Waals surface area (Å²) in [6.45, 7) is 0.308. The van der Waals surface area contributed by atoms with Crippen LogP contribution in [0.2, 0.25) is 0 Å². The number of carbonyl (C=O) groups excluding carboxylic acids is 3. The number of nitrogens with two attached hydrogens (primary N) is 2. The average molecular weight is 538 g/mol. The molecule has 38 heavy (non-hydrogen) atoms. The maximum Gasteiger partial charge on any atom is 0.326 e. The van der Waals surface area contributed by atoms with E-state index in [0.717, 1.165) is 0 Å². The molecule has 14 nitrogen and oxygen atoms in total. The Kier molecular flexibility index (Phi) is 14.0. The van der Waals surface area contributed by atoms with Crippen LogP contribution < -0.4 is 27.4 Å². The van der Waals surface area contributed by atoms with Gasteiger partial charge >= 0.3 is 17.9 Å². The molecule has 3 amide bonds. The first-order valence-corrected chi connectivity index (χ1v) is 12.0. The molecule has 0 heterocycles. The Balaban J connectivity index is 2.99. The average Bonchev–Trinajstić information content (AvgIpc) is 2.85. The lowest BCUT2D eigenvalue weighted by molar-refractivity contribution is -0.143. The number of amides is 3. The summed E-state index contributed by atoms with van der Waals surface area (Å²) in [4.78, 5) is 72.1. The molecule has 0 bridgehead atoms. The number of rotatable bonds is 18. The van der Waals surface area contributed by atoms with Crippen molar-refractivity contribution in [3.05, 3.63) is 35.9 Å². The van der Waals surface area contributed by atoms with Gasteiger partial charge in [0.1, 0.15) is 18.1 Å². The molecule has 0 aliphatic heterocycles. The van der Waals surface area contributed by atoms with Gasteiger partial charge in [-0.2, -0.15) is 0 Å². The Morgan fingerprint density at radius 2 is 1.32 bits per heavy atom. The third kappa shape index (κ3) is 12.3. The predicted molar refractivity (Wildman–Crippen MR) is 134 cm³/mol. The number of aliphatic carboxylic acids is 3. The Hall–Kier alpha value is -4.04. The zero-order valence-electron chi connectivity index (χ0n) is 20.8. The lowest BCUT2D eigenvalue weighted by atomic mass is 10.0. The van der Waals surface area contributed by atoms with Crippen LogP contribution >= 0.6 is 0 Å². The van der Waals surface area contributed by atoms with Crippen molar-refractivity contribution >= 4 is 35.6 Å². The smallest absolute Gasteiger partial charge is 0.326 e. The summed E-state index contributed by atoms with van der Waals surface area (Å²) in [5.41, 5.74) is 11.8. The molecule has 14 heteroatoms. The van der Waals surface area contributed by atoms with E-state index in [0.29, 0.717) is 24.9 Å². The summed E-state index contributed by atoms with van der Waals surface area (Å²) in [5, 5.41) is 34.5. The molecule has 0 aliphatic carbocycles. The van der Waals surface area contributed by atoms with E-state index in [1.54, 1.807) is 30.3 Å². The molecule has 4 unspecified atom stereocenters. The van der Waals surface area contributed by atoms with Gasteiger partial charge in [-0.3, -0.25) is 24.0 Å². The second-order valence-corrected chi connectivity index (χ2v) is 8.63. The van der Waals surface area contributed by atoms with E-state index in [1.165, 1.54) is 0 Å². The van der Waals surface area contributed by atoms with Gasteiger partial charge in [0.05, 0.1) is 12.5 Å². The Labute approximate surface area is 219 Å². The number of carboxylic acids is 3. The highest BCUT2D eigenvalue weighted by Gasteiger charge is 2.31. The normalized spacial score (nSPS) is 13.8. The third-order valence-corrected chi connectivity index (χ3v) is 5.49. The first-order valence-electron chi connectivity index (χ1n) is 12.0. The SMILES string of the molecule is NCCCCC(NC(=O)C(N)CCC(=O)O)C(=O)NC(CC(=O)O)C(=O)NC(Cc1ccccc1)C(=O)O. The topological polar surface area (TPSA) is 251 Å². The van der Waals surface area contributed by atoms with Gasteiger partial charge in [-0.15, -0.1) is 0 Å². The number of nitrogens with one attached hydrogen (secondary N) is 3. The van der Waals surface area contributed by atoms with Crippen LogP contribution in [0.15, 0.2) is 30.3 Å². The molecule has 0 saturated carbocycles. The maximum absolute atomic E-state index is 13.0. The van der Waals surface area contributed by atoms with Crippen molar-refractivity contribution in [1.29, 1.82) is 0 Å². The van der Waals surface area contributed by atoms with Gasteiger partial charge in [0, 0.05) is 12.8 Å². The molecule has 0 fully saturated rings. The van der Waals surface area contributed by atoms with E-state index in [1.807, 2.05) is 0 Å². The van der Waals surface area contributed by atoms with Gasteiger partial charge in [-0.05, 0) is 37.8 Å². The van der Waals surface area contributed by atoms with Crippen molar-refractivity contribution in [2.24, 2.45) is 11.5 Å². The Bertz CT molecular complexity index is 973. The van der Waals surface area contributed by atoms with Gasteiger partial charge < -0.3 is 42.7 Å². The molecular formula is C24H35N5O9. The molecule has 210 valence electrons. The molecule has 10 N–H and O–H groups in total. The summed E-state index contributed by atoms with van der Waals surface area (Å²) in [6, 6.07) is 2.95. The number of carboxylic acid groups (broad SMARTS) is 3. The van der Waals surface area contributed by atoms with Gasteiger partial charge in [0.2, 0.25) is 17.7 Å². The predicted octanol–water partition coefficient (Wildman–Crippen LogP) is -1.44. The van der Waals surface area contributed by atoms with E-state index in [9.17, 15) is 39.0 Å². The molecule has 0 saturated heterocycles. The van der Waals surface area contributed by atoms with E-state index in [4.69, 9.17) is 16.6 Å². The lowest BCUT2D eigenvalue weighted by Crippen LogP contribution is -2.57. The number of unbranched alkanes of at least 4 members (excludes halogenated alkanes) is 1. The molecule has 0 spiro atoms. The van der Waals surface area contributed by atoms with Gasteiger partial charge in [-0.1, -0.05) is 30.3 Å². The van der Waals surface area contributed by atoms with Crippen LogP contribution in [0.1, 0.15) is 44.1 Å². The van der Waals surface area contributed by atoms with Crippen molar-refractivity contribution in [3.8, 4) is 0 Å². The van der Waals surface area contributed by atoms with Gasteiger partial charge in [0.25, 0.3) is 0 Å². The summed E-state index contributed by atoms with van der Waals surface area (Å²) in [5.74, 6) is -6.66. The van der Waals surface area contributed by atoms with E-state index >= 15 is 0 Å². The fourth-order valence-corrected chi connectivity index (χ4v) is 3.43. The lowest BCUT2D eigenvalue weighted by Gasteiger charge is -2.24. The fraction of sp³-hybridized carbons (Fsp3) is 0.500. The van der Waals surface area contributed by atoms with E-state index in [2.05, 4.69) is 16.0 Å².